The van der Waals surface area contributed by atoms with Gasteiger partial charge in [-0.3, -0.25) is 19.9 Å². The van der Waals surface area contributed by atoms with Crippen molar-refractivity contribution >= 4 is 39.8 Å². The van der Waals surface area contributed by atoms with Crippen molar-refractivity contribution in [3.8, 4) is 5.75 Å². The number of nitrogens with zero attached hydrogens (tertiary/aromatic N) is 2. The molecule has 2 aromatic carbocycles. The van der Waals surface area contributed by atoms with Crippen molar-refractivity contribution in [2.75, 3.05) is 24.3 Å². The minimum Gasteiger partial charge on any atom is -0.484 e. The number of pyridine rings is 1. The quantitative estimate of drug-likeness (QED) is 0.343. The second-order valence-electron chi connectivity index (χ2n) is 6.13. The number of rotatable bonds is 7. The second kappa shape index (κ2) is 8.86. The third-order valence-electron chi connectivity index (χ3n) is 4.11. The van der Waals surface area contributed by atoms with Crippen LogP contribution in [0.3, 0.4) is 0 Å². The first kappa shape index (κ1) is 20.5. The summed E-state index contributed by atoms with van der Waals surface area (Å²) in [6.07, 6.45) is 1.35. The number of nitrogen functional groups attached to an aromatic ring is 1. The SMILES string of the molecule is CCOC(=O)c1cnc2ccc(NC(=O)COc3ccc([N+](=O)[O-])cc3)cc2c1N. The molecule has 10 nitrogen and oxygen atoms in total. The van der Waals surface area contributed by atoms with Crippen LogP contribution in [0.25, 0.3) is 10.9 Å². The third kappa shape index (κ3) is 4.61. The molecule has 0 aliphatic carbocycles. The van der Waals surface area contributed by atoms with E-state index in [1.165, 1.54) is 30.5 Å². The molecule has 0 atom stereocenters. The van der Waals surface area contributed by atoms with Gasteiger partial charge in [-0.1, -0.05) is 0 Å². The molecule has 3 aromatic rings. The lowest BCUT2D eigenvalue weighted by Gasteiger charge is -2.11. The molecular weight excluding hydrogens is 392 g/mol. The molecule has 1 heterocycles. The number of nitro groups is 1. The van der Waals surface area contributed by atoms with Crippen molar-refractivity contribution < 1.29 is 24.0 Å². The summed E-state index contributed by atoms with van der Waals surface area (Å²) in [6, 6.07) is 10.3. The van der Waals surface area contributed by atoms with Crippen LogP contribution < -0.4 is 15.8 Å². The van der Waals surface area contributed by atoms with E-state index in [0.717, 1.165) is 0 Å². The van der Waals surface area contributed by atoms with Crippen LogP contribution in [-0.2, 0) is 9.53 Å². The Morgan fingerprint density at radius 2 is 1.93 bits per heavy atom. The van der Waals surface area contributed by atoms with Crippen molar-refractivity contribution in [1.29, 1.82) is 0 Å². The predicted molar refractivity (Wildman–Crippen MR) is 109 cm³/mol. The summed E-state index contributed by atoms with van der Waals surface area (Å²) in [6.45, 7) is 1.60. The molecule has 0 aliphatic heterocycles. The molecule has 0 saturated heterocycles. The van der Waals surface area contributed by atoms with Gasteiger partial charge in [0.15, 0.2) is 6.61 Å². The minimum absolute atomic E-state index is 0.0728. The zero-order chi connectivity index (χ0) is 21.7. The average molecular weight is 410 g/mol. The summed E-state index contributed by atoms with van der Waals surface area (Å²) in [5.74, 6) is -0.696. The normalized spacial score (nSPS) is 10.4. The number of non-ortho nitro benzene ring substituents is 1. The number of hydrogen-bond acceptors (Lipinski definition) is 8. The molecule has 1 amide bonds. The number of nitro benzene ring substituents is 1. The lowest BCUT2D eigenvalue weighted by atomic mass is 10.1. The van der Waals surface area contributed by atoms with E-state index in [1.54, 1.807) is 25.1 Å². The largest absolute Gasteiger partial charge is 0.484 e. The number of aromatic nitrogens is 1. The standard InChI is InChI=1S/C20H18N4O6/c1-2-29-20(26)16-10-22-17-8-3-12(9-15(17)19(16)21)23-18(25)11-30-14-6-4-13(5-7-14)24(27)28/h3-10H,2,11H2,1H3,(H2,21,22)(H,23,25). The highest BCUT2D eigenvalue weighted by Crippen LogP contribution is 2.26. The maximum atomic E-state index is 12.2. The van der Waals surface area contributed by atoms with Gasteiger partial charge in [-0.15, -0.1) is 0 Å². The highest BCUT2D eigenvalue weighted by atomic mass is 16.6. The monoisotopic (exact) mass is 410 g/mol. The number of anilines is 2. The number of benzene rings is 2. The lowest BCUT2D eigenvalue weighted by molar-refractivity contribution is -0.384. The molecule has 154 valence electrons. The van der Waals surface area contributed by atoms with Gasteiger partial charge in [0.2, 0.25) is 0 Å². The second-order valence-corrected chi connectivity index (χ2v) is 6.13. The maximum Gasteiger partial charge on any atom is 0.341 e. The number of fused-ring (bicyclic) bond motifs is 1. The molecule has 0 aliphatic rings. The van der Waals surface area contributed by atoms with E-state index in [-0.39, 0.29) is 30.2 Å². The molecule has 0 fully saturated rings. The summed E-state index contributed by atoms with van der Waals surface area (Å²) >= 11 is 0. The highest BCUT2D eigenvalue weighted by Gasteiger charge is 2.15. The molecule has 30 heavy (non-hydrogen) atoms. The van der Waals surface area contributed by atoms with Crippen LogP contribution in [0.2, 0.25) is 0 Å². The Labute approximate surface area is 170 Å². The molecule has 0 spiro atoms. The molecule has 3 rings (SSSR count). The average Bonchev–Trinajstić information content (AvgIpc) is 2.73. The van der Waals surface area contributed by atoms with Gasteiger partial charge >= 0.3 is 5.97 Å². The number of carbonyl (C=O) groups is 2. The molecule has 10 heteroatoms. The van der Waals surface area contributed by atoms with Gasteiger partial charge in [-0.05, 0) is 37.3 Å². The first-order valence-corrected chi connectivity index (χ1v) is 8.91. The third-order valence-corrected chi connectivity index (χ3v) is 4.11. The van der Waals surface area contributed by atoms with E-state index in [2.05, 4.69) is 10.3 Å². The van der Waals surface area contributed by atoms with Gasteiger partial charge in [0.1, 0.15) is 11.3 Å². The minimum atomic E-state index is -0.574. The summed E-state index contributed by atoms with van der Waals surface area (Å²) in [5.41, 5.74) is 7.37. The molecule has 3 N–H and O–H groups in total. The van der Waals surface area contributed by atoms with Crippen molar-refractivity contribution in [1.82, 2.24) is 4.98 Å². The Bertz CT molecular complexity index is 1110. The number of nitrogens with one attached hydrogen (secondary N) is 1. The topological polar surface area (TPSA) is 147 Å². The number of esters is 1. The van der Waals surface area contributed by atoms with Gasteiger partial charge in [0.05, 0.1) is 22.7 Å². The van der Waals surface area contributed by atoms with Crippen molar-refractivity contribution in [2.45, 2.75) is 6.92 Å². The first-order valence-electron chi connectivity index (χ1n) is 8.91. The zero-order valence-corrected chi connectivity index (χ0v) is 16.0. The van der Waals surface area contributed by atoms with Crippen LogP contribution in [0, 0.1) is 10.1 Å². The van der Waals surface area contributed by atoms with E-state index >= 15 is 0 Å². The van der Waals surface area contributed by atoms with Gasteiger partial charge in [0.25, 0.3) is 11.6 Å². The van der Waals surface area contributed by atoms with Gasteiger partial charge in [-0.25, -0.2) is 4.79 Å². The number of ether oxygens (including phenoxy) is 2. The van der Waals surface area contributed by atoms with Crippen LogP contribution >= 0.6 is 0 Å². The molecular formula is C20H18N4O6. The molecule has 0 unspecified atom stereocenters. The lowest BCUT2D eigenvalue weighted by Crippen LogP contribution is -2.20. The fraction of sp³-hybridized carbons (Fsp3) is 0.150. The van der Waals surface area contributed by atoms with E-state index in [4.69, 9.17) is 15.2 Å². The number of amides is 1. The smallest absolute Gasteiger partial charge is 0.341 e. The Hall–Kier alpha value is -4.21. The highest BCUT2D eigenvalue weighted by molar-refractivity contribution is 6.05. The summed E-state index contributed by atoms with van der Waals surface area (Å²) in [7, 11) is 0. The predicted octanol–water partition coefficient (Wildman–Crippen LogP) is 2.92. The van der Waals surface area contributed by atoms with Crippen molar-refractivity contribution in [3.63, 3.8) is 0 Å². The van der Waals surface area contributed by atoms with Gasteiger partial charge in [0, 0.05) is 29.4 Å². The Morgan fingerprint density at radius 3 is 2.60 bits per heavy atom. The van der Waals surface area contributed by atoms with E-state index in [0.29, 0.717) is 22.3 Å². The van der Waals surface area contributed by atoms with Gasteiger partial charge < -0.3 is 20.5 Å². The van der Waals surface area contributed by atoms with Crippen LogP contribution in [0.5, 0.6) is 5.75 Å². The Kier molecular flexibility index (Phi) is 6.06. The van der Waals surface area contributed by atoms with Crippen molar-refractivity contribution in [2.24, 2.45) is 0 Å². The number of carbonyl (C=O) groups excluding carboxylic acids is 2. The van der Waals surface area contributed by atoms with Gasteiger partial charge in [-0.2, -0.15) is 0 Å². The Balaban J connectivity index is 1.70. The maximum absolute atomic E-state index is 12.2. The first-order chi connectivity index (χ1) is 14.4. The van der Waals surface area contributed by atoms with Crippen LogP contribution in [0.15, 0.2) is 48.7 Å². The zero-order valence-electron chi connectivity index (χ0n) is 16.0. The van der Waals surface area contributed by atoms with Crippen LogP contribution in [0.1, 0.15) is 17.3 Å². The van der Waals surface area contributed by atoms with Crippen molar-refractivity contribution in [3.05, 3.63) is 64.3 Å². The molecule has 0 saturated carbocycles. The van der Waals surface area contributed by atoms with Crippen LogP contribution in [-0.4, -0.2) is 35.0 Å². The fourth-order valence-corrected chi connectivity index (χ4v) is 2.67. The number of hydrogen-bond donors (Lipinski definition) is 2. The molecule has 0 bridgehead atoms. The van der Waals surface area contributed by atoms with E-state index < -0.39 is 16.8 Å². The summed E-state index contributed by atoms with van der Waals surface area (Å²) < 4.78 is 10.3. The summed E-state index contributed by atoms with van der Waals surface area (Å²) in [4.78, 5) is 38.5. The van der Waals surface area contributed by atoms with E-state index in [9.17, 15) is 19.7 Å². The number of nitrogens with two attached hydrogens (primary N) is 1. The molecule has 1 aromatic heterocycles. The van der Waals surface area contributed by atoms with E-state index in [1.807, 2.05) is 0 Å². The van der Waals surface area contributed by atoms with Crippen LogP contribution in [0.4, 0.5) is 17.1 Å². The molecule has 0 radical (unpaired) electrons. The summed E-state index contributed by atoms with van der Waals surface area (Å²) in [5, 5.41) is 13.8. The Morgan fingerprint density at radius 1 is 1.20 bits per heavy atom. The fourth-order valence-electron chi connectivity index (χ4n) is 2.67.